The minimum atomic E-state index is -1.15. The lowest BCUT2D eigenvalue weighted by Crippen LogP contribution is -2.48. The Balaban J connectivity index is 0.745. The molecule has 0 radical (unpaired) electrons. The van der Waals surface area contributed by atoms with Gasteiger partial charge >= 0.3 is 0 Å². The molecule has 4 N–H and O–H groups in total. The number of aryl methyl sites for hydroxylation is 1. The number of anilines is 3. The van der Waals surface area contributed by atoms with Gasteiger partial charge in [-0.05, 0) is 86.3 Å². The maximum atomic E-state index is 16.4. The van der Waals surface area contributed by atoms with Crippen molar-refractivity contribution in [2.45, 2.75) is 87.9 Å². The van der Waals surface area contributed by atoms with Crippen molar-refractivity contribution in [1.82, 2.24) is 34.5 Å². The third kappa shape index (κ3) is 8.59. The summed E-state index contributed by atoms with van der Waals surface area (Å²) in [5, 5.41) is 27.2. The molecule has 3 saturated heterocycles. The van der Waals surface area contributed by atoms with Crippen molar-refractivity contribution in [3.05, 3.63) is 107 Å². The van der Waals surface area contributed by atoms with Gasteiger partial charge in [0.05, 0.1) is 24.0 Å². The van der Waals surface area contributed by atoms with E-state index in [0.29, 0.717) is 96.9 Å². The predicted molar refractivity (Wildman–Crippen MR) is 240 cm³/mol. The van der Waals surface area contributed by atoms with Crippen LogP contribution in [0.4, 0.5) is 25.3 Å². The monoisotopic (exact) mass is 902 g/mol. The number of likely N-dealkylation sites (tertiary alicyclic amines) is 1. The van der Waals surface area contributed by atoms with Crippen molar-refractivity contribution >= 4 is 62.4 Å². The van der Waals surface area contributed by atoms with Gasteiger partial charge in [0.25, 0.3) is 5.91 Å². The highest BCUT2D eigenvalue weighted by atomic mass is 32.1. The zero-order valence-corrected chi connectivity index (χ0v) is 36.3. The van der Waals surface area contributed by atoms with Crippen molar-refractivity contribution in [2.75, 3.05) is 41.7 Å². The summed E-state index contributed by atoms with van der Waals surface area (Å²) in [7, 11) is 0. The van der Waals surface area contributed by atoms with Gasteiger partial charge in [0.1, 0.15) is 17.4 Å². The fourth-order valence-corrected chi connectivity index (χ4v) is 10.3. The average Bonchev–Trinajstić information content (AvgIpc) is 4.13. The number of halogens is 2. The van der Waals surface area contributed by atoms with E-state index >= 15 is 8.78 Å². The number of piperidine rings is 3. The molecule has 3 aromatic heterocycles. The van der Waals surface area contributed by atoms with Crippen molar-refractivity contribution in [3.8, 4) is 11.1 Å². The van der Waals surface area contributed by atoms with Gasteiger partial charge < -0.3 is 24.8 Å². The number of rotatable bonds is 11. The van der Waals surface area contributed by atoms with E-state index in [0.717, 1.165) is 30.8 Å². The van der Waals surface area contributed by atoms with Crippen molar-refractivity contribution in [3.63, 3.8) is 0 Å². The van der Waals surface area contributed by atoms with E-state index in [2.05, 4.69) is 35.9 Å². The first kappa shape index (κ1) is 42.4. The van der Waals surface area contributed by atoms with E-state index in [1.165, 1.54) is 22.1 Å². The zero-order valence-electron chi connectivity index (χ0n) is 35.5. The van der Waals surface area contributed by atoms with Crippen LogP contribution in [0.2, 0.25) is 0 Å². The van der Waals surface area contributed by atoms with Crippen molar-refractivity contribution in [1.29, 1.82) is 0 Å². The molecular formula is C47H48F2N10O5S. The van der Waals surface area contributed by atoms with Gasteiger partial charge in [0.2, 0.25) is 17.7 Å². The van der Waals surface area contributed by atoms with Crippen LogP contribution in [0.1, 0.15) is 80.3 Å². The van der Waals surface area contributed by atoms with Crippen molar-refractivity contribution in [2.24, 2.45) is 0 Å². The lowest BCUT2D eigenvalue weighted by atomic mass is 9.86. The largest absolute Gasteiger partial charge is 0.389 e. The molecule has 0 saturated carbocycles. The molecule has 10 rings (SSSR count). The van der Waals surface area contributed by atoms with Crippen LogP contribution < -0.4 is 20.9 Å². The molecule has 7 heterocycles. The molecule has 336 valence electrons. The van der Waals surface area contributed by atoms with Gasteiger partial charge in [-0.15, -0.1) is 11.3 Å². The number of amides is 4. The highest BCUT2D eigenvalue weighted by Gasteiger charge is 2.38. The standard InChI is InChI=1S/C47H48F2N10O5S/c48-35-24-31(52-36-11-12-38(60)53-44(36)62)6-10-33(35)29-13-19-57(20-14-29)39(61)25-47(64)15-21-56(22-16-47)32-7-3-28(4-8-32)34-9-5-30-26-59(55-41(30)40(34)49)43(45(63)54-46-50-17-23-65-46)42-37-2-1-18-58(37)27-51-42/h3-10,17,23-24,26-27,29,36,43,52,64H,1-2,11-16,18-22,25H2,(H,50,54,63)(H,53,60,62). The molecule has 0 aliphatic carbocycles. The molecule has 0 bridgehead atoms. The zero-order chi connectivity index (χ0) is 44.8. The SMILES string of the molecule is O=C1CCC(Nc2ccc(C3CCN(C(=O)CC4(O)CCN(c5ccc(-c6ccc7cn(C(C(=O)Nc8nccs8)c8ncn9c8CCC9)nc7c6F)cc5)CC4)CC3)c(F)c2)C(=O)N1. The normalized spacial score (nSPS) is 19.3. The van der Waals surface area contributed by atoms with Gasteiger partial charge in [-0.3, -0.25) is 34.5 Å². The number of carbonyl (C=O) groups is 4. The molecule has 3 fully saturated rings. The Bertz CT molecular complexity index is 2780. The van der Waals surface area contributed by atoms with Crippen LogP contribution in [0.3, 0.4) is 0 Å². The molecule has 15 nitrogen and oxygen atoms in total. The van der Waals surface area contributed by atoms with E-state index in [-0.39, 0.29) is 47.8 Å². The summed E-state index contributed by atoms with van der Waals surface area (Å²) in [6.07, 6.45) is 9.34. The summed E-state index contributed by atoms with van der Waals surface area (Å²) in [6, 6.07) is 14.4. The number of aliphatic hydroxyl groups is 1. The third-order valence-corrected chi connectivity index (χ3v) is 14.1. The summed E-state index contributed by atoms with van der Waals surface area (Å²) in [5.74, 6) is -2.15. The number of imide groups is 1. The molecule has 4 aliphatic rings. The van der Waals surface area contributed by atoms with Crippen molar-refractivity contribution < 1.29 is 33.1 Å². The number of benzene rings is 3. The van der Waals surface area contributed by atoms with E-state index in [1.807, 2.05) is 28.8 Å². The minimum Gasteiger partial charge on any atom is -0.389 e. The molecule has 18 heteroatoms. The van der Waals surface area contributed by atoms with Crippen LogP contribution >= 0.6 is 11.3 Å². The Morgan fingerprint density at radius 3 is 2.49 bits per heavy atom. The van der Waals surface area contributed by atoms with Crippen LogP contribution in [-0.4, -0.2) is 95.8 Å². The highest BCUT2D eigenvalue weighted by molar-refractivity contribution is 7.13. The number of aromatic nitrogens is 5. The summed E-state index contributed by atoms with van der Waals surface area (Å²) in [6.45, 7) is 2.82. The first-order valence-corrected chi connectivity index (χ1v) is 23.0. The van der Waals surface area contributed by atoms with Gasteiger partial charge in [-0.25, -0.2) is 18.7 Å². The topological polar surface area (TPSA) is 180 Å². The summed E-state index contributed by atoms with van der Waals surface area (Å²) in [5.41, 5.74) is 3.54. The second kappa shape index (κ2) is 17.5. The van der Waals surface area contributed by atoms with Crippen LogP contribution in [0, 0.1) is 11.6 Å². The number of thiazole rings is 1. The molecule has 4 amide bonds. The third-order valence-electron chi connectivity index (χ3n) is 13.4. The van der Waals surface area contributed by atoms with Gasteiger partial charge in [-0.1, -0.05) is 30.3 Å². The molecule has 2 atom stereocenters. The number of hydrogen-bond donors (Lipinski definition) is 4. The smallest absolute Gasteiger partial charge is 0.257 e. The fourth-order valence-electron chi connectivity index (χ4n) is 9.81. The Hall–Kier alpha value is -6.53. The first-order chi connectivity index (χ1) is 31.5. The molecule has 3 aromatic carbocycles. The van der Waals surface area contributed by atoms with Crippen LogP contribution in [0.25, 0.3) is 22.0 Å². The molecular weight excluding hydrogens is 855 g/mol. The number of nitrogens with zero attached hydrogens (tertiary/aromatic N) is 7. The van der Waals surface area contributed by atoms with Gasteiger partial charge in [0, 0.05) is 84.9 Å². The fraction of sp³-hybridized carbons (Fsp3) is 0.383. The second-order valence-corrected chi connectivity index (χ2v) is 18.4. The number of nitrogens with one attached hydrogen (secondary N) is 3. The average molecular weight is 903 g/mol. The van der Waals surface area contributed by atoms with Crippen LogP contribution in [-0.2, 0) is 32.1 Å². The molecule has 0 spiro atoms. The summed E-state index contributed by atoms with van der Waals surface area (Å²) < 4.78 is 35.2. The number of fused-ring (bicyclic) bond motifs is 2. The molecule has 6 aromatic rings. The van der Waals surface area contributed by atoms with E-state index < -0.39 is 29.4 Å². The van der Waals surface area contributed by atoms with E-state index in [1.54, 1.807) is 53.3 Å². The number of hydrogen-bond acceptors (Lipinski definition) is 11. The number of imidazole rings is 1. The summed E-state index contributed by atoms with van der Waals surface area (Å²) >= 11 is 1.31. The Morgan fingerprint density at radius 2 is 1.75 bits per heavy atom. The molecule has 4 aliphatic heterocycles. The highest BCUT2D eigenvalue weighted by Crippen LogP contribution is 2.36. The quantitative estimate of drug-likeness (QED) is 0.110. The molecule has 65 heavy (non-hydrogen) atoms. The van der Waals surface area contributed by atoms with E-state index in [4.69, 9.17) is 0 Å². The van der Waals surface area contributed by atoms with Crippen LogP contribution in [0.5, 0.6) is 0 Å². The predicted octanol–water partition coefficient (Wildman–Crippen LogP) is 6.15. The Labute approximate surface area is 376 Å². The van der Waals surface area contributed by atoms with Crippen LogP contribution in [0.15, 0.2) is 78.7 Å². The summed E-state index contributed by atoms with van der Waals surface area (Å²) in [4.78, 5) is 63.6. The lowest BCUT2D eigenvalue weighted by Gasteiger charge is -2.40. The van der Waals surface area contributed by atoms with Gasteiger partial charge in [-0.2, -0.15) is 5.10 Å². The minimum absolute atomic E-state index is 0.0126. The maximum Gasteiger partial charge on any atom is 0.257 e. The Morgan fingerprint density at radius 1 is 0.954 bits per heavy atom. The van der Waals surface area contributed by atoms with Gasteiger partial charge in [0.15, 0.2) is 17.0 Å². The lowest BCUT2D eigenvalue weighted by molar-refractivity contribution is -0.138. The second-order valence-electron chi connectivity index (χ2n) is 17.6. The first-order valence-electron chi connectivity index (χ1n) is 22.2. The maximum absolute atomic E-state index is 16.4. The number of carbonyl (C=O) groups excluding carboxylic acids is 4. The Kier molecular flexibility index (Phi) is 11.4. The molecule has 2 unspecified atom stereocenters. The van der Waals surface area contributed by atoms with E-state index in [9.17, 15) is 24.3 Å².